The molecule has 0 aliphatic carbocycles. The number of benzene rings is 1. The molecular weight excluding hydrogens is 462 g/mol. The number of amides is 1. The lowest BCUT2D eigenvalue weighted by atomic mass is 10.3. The second kappa shape index (κ2) is 9.29. The van der Waals surface area contributed by atoms with Crippen molar-refractivity contribution >= 4 is 37.5 Å². The molecule has 0 saturated carbocycles. The van der Waals surface area contributed by atoms with Crippen molar-refractivity contribution in [2.75, 3.05) is 38.2 Å². The fourth-order valence-electron chi connectivity index (χ4n) is 3.11. The molecule has 1 aliphatic rings. The van der Waals surface area contributed by atoms with E-state index in [1.165, 1.54) is 10.4 Å². The normalized spacial score (nSPS) is 15.3. The number of rotatable bonds is 7. The van der Waals surface area contributed by atoms with Crippen LogP contribution in [0.15, 0.2) is 39.8 Å². The monoisotopic (exact) mass is 485 g/mol. The Labute approximate surface area is 179 Å². The van der Waals surface area contributed by atoms with Gasteiger partial charge in [0.15, 0.2) is 0 Å². The van der Waals surface area contributed by atoms with Gasteiger partial charge < -0.3 is 19.4 Å². The summed E-state index contributed by atoms with van der Waals surface area (Å²) in [5, 5.41) is 2.79. The van der Waals surface area contributed by atoms with Crippen LogP contribution in [-0.2, 0) is 21.3 Å². The van der Waals surface area contributed by atoms with Crippen LogP contribution in [-0.4, -0.2) is 56.1 Å². The van der Waals surface area contributed by atoms with Crippen LogP contribution in [0.3, 0.4) is 0 Å². The third-order valence-corrected chi connectivity index (χ3v) is 6.88. The van der Waals surface area contributed by atoms with Gasteiger partial charge in [-0.2, -0.15) is 4.31 Å². The molecule has 0 bridgehead atoms. The van der Waals surface area contributed by atoms with E-state index in [1.54, 1.807) is 29.7 Å². The van der Waals surface area contributed by atoms with Gasteiger partial charge in [-0.05, 0) is 54.0 Å². The Bertz CT molecular complexity index is 984. The van der Waals surface area contributed by atoms with Crippen molar-refractivity contribution in [3.8, 4) is 5.75 Å². The van der Waals surface area contributed by atoms with E-state index in [9.17, 15) is 13.2 Å². The van der Waals surface area contributed by atoms with Gasteiger partial charge in [0.1, 0.15) is 16.3 Å². The summed E-state index contributed by atoms with van der Waals surface area (Å²) >= 11 is 3.37. The Kier molecular flexibility index (Phi) is 6.99. The van der Waals surface area contributed by atoms with Gasteiger partial charge in [-0.3, -0.25) is 4.79 Å². The molecule has 2 aromatic rings. The first-order chi connectivity index (χ1) is 13.9. The third-order valence-electron chi connectivity index (χ3n) is 4.53. The summed E-state index contributed by atoms with van der Waals surface area (Å²) < 4.78 is 41.1. The van der Waals surface area contributed by atoms with Gasteiger partial charge in [0.2, 0.25) is 10.0 Å². The maximum atomic E-state index is 13.2. The van der Waals surface area contributed by atoms with Crippen molar-refractivity contribution in [1.82, 2.24) is 8.87 Å². The highest BCUT2D eigenvalue weighted by Crippen LogP contribution is 2.31. The van der Waals surface area contributed by atoms with Gasteiger partial charge in [0.25, 0.3) is 5.91 Å². The van der Waals surface area contributed by atoms with Gasteiger partial charge in [-0.15, -0.1) is 0 Å². The maximum Gasteiger partial charge on any atom is 0.272 e. The van der Waals surface area contributed by atoms with Crippen molar-refractivity contribution in [2.24, 2.45) is 0 Å². The molecule has 1 aromatic heterocycles. The number of anilines is 1. The van der Waals surface area contributed by atoms with Gasteiger partial charge in [-0.1, -0.05) is 0 Å². The lowest BCUT2D eigenvalue weighted by Gasteiger charge is -2.27. The minimum atomic E-state index is -3.78. The first kappa shape index (κ1) is 21.8. The second-order valence-electron chi connectivity index (χ2n) is 6.39. The zero-order valence-electron chi connectivity index (χ0n) is 16.4. The SMILES string of the molecule is CCOc1ccc(NC(=O)c2cc(Br)cn2CC)cc1S(=O)(=O)N1CCOCC1. The van der Waals surface area contributed by atoms with E-state index in [0.717, 1.165) is 4.47 Å². The fraction of sp³-hybridized carbons (Fsp3) is 0.421. The number of hydrogen-bond donors (Lipinski definition) is 1. The molecule has 1 amide bonds. The number of aryl methyl sites for hydroxylation is 1. The average molecular weight is 486 g/mol. The lowest BCUT2D eigenvalue weighted by molar-refractivity contribution is 0.0729. The van der Waals surface area contributed by atoms with E-state index in [0.29, 0.717) is 37.7 Å². The number of ether oxygens (including phenoxy) is 2. The molecule has 158 valence electrons. The third kappa shape index (κ3) is 4.82. The van der Waals surface area contributed by atoms with Crippen LogP contribution < -0.4 is 10.1 Å². The molecular formula is C19H24BrN3O5S. The largest absolute Gasteiger partial charge is 0.492 e. The molecule has 0 spiro atoms. The highest BCUT2D eigenvalue weighted by Gasteiger charge is 2.30. The van der Waals surface area contributed by atoms with E-state index in [2.05, 4.69) is 21.2 Å². The van der Waals surface area contributed by atoms with Crippen molar-refractivity contribution in [2.45, 2.75) is 25.3 Å². The smallest absolute Gasteiger partial charge is 0.272 e. The van der Waals surface area contributed by atoms with Crippen molar-refractivity contribution < 1.29 is 22.7 Å². The van der Waals surface area contributed by atoms with E-state index in [-0.39, 0.29) is 29.6 Å². The van der Waals surface area contributed by atoms with Gasteiger partial charge in [0, 0.05) is 36.0 Å². The molecule has 0 radical (unpaired) electrons. The lowest BCUT2D eigenvalue weighted by Crippen LogP contribution is -2.40. The summed E-state index contributed by atoms with van der Waals surface area (Å²) in [7, 11) is -3.78. The fourth-order valence-corrected chi connectivity index (χ4v) is 5.14. The number of nitrogens with one attached hydrogen (secondary N) is 1. The van der Waals surface area contributed by atoms with Crippen LogP contribution in [0, 0.1) is 0 Å². The number of aromatic nitrogens is 1. The maximum absolute atomic E-state index is 13.2. The summed E-state index contributed by atoms with van der Waals surface area (Å²) in [6.45, 7) is 5.95. The first-order valence-corrected chi connectivity index (χ1v) is 11.6. The molecule has 1 fully saturated rings. The number of hydrogen-bond acceptors (Lipinski definition) is 5. The molecule has 10 heteroatoms. The van der Waals surface area contributed by atoms with E-state index >= 15 is 0 Å². The molecule has 1 aromatic carbocycles. The van der Waals surface area contributed by atoms with Crippen molar-refractivity contribution in [3.05, 3.63) is 40.6 Å². The highest BCUT2D eigenvalue weighted by atomic mass is 79.9. The zero-order chi connectivity index (χ0) is 21.0. The Balaban J connectivity index is 1.93. The summed E-state index contributed by atoms with van der Waals surface area (Å²) in [5.74, 6) is -0.0619. The van der Waals surface area contributed by atoms with Gasteiger partial charge in [-0.25, -0.2) is 8.42 Å². The Hall–Kier alpha value is -1.88. The van der Waals surface area contributed by atoms with E-state index in [1.807, 2.05) is 13.1 Å². The van der Waals surface area contributed by atoms with E-state index in [4.69, 9.17) is 9.47 Å². The summed E-state index contributed by atoms with van der Waals surface area (Å²) in [4.78, 5) is 12.8. The standard InChI is InChI=1S/C19H24BrN3O5S/c1-3-22-13-14(20)11-16(22)19(24)21-15-5-6-17(28-4-2)18(12-15)29(25,26)23-7-9-27-10-8-23/h5-6,11-13H,3-4,7-10H2,1-2H3,(H,21,24). The molecule has 1 aliphatic heterocycles. The Morgan fingerprint density at radius 3 is 2.62 bits per heavy atom. The molecule has 0 unspecified atom stereocenters. The van der Waals surface area contributed by atoms with Gasteiger partial charge in [0.05, 0.1) is 19.8 Å². The van der Waals surface area contributed by atoms with Crippen LogP contribution in [0.25, 0.3) is 0 Å². The van der Waals surface area contributed by atoms with Crippen molar-refractivity contribution in [3.63, 3.8) is 0 Å². The van der Waals surface area contributed by atoms with Crippen LogP contribution in [0.4, 0.5) is 5.69 Å². The second-order valence-corrected chi connectivity index (χ2v) is 9.22. The minimum absolute atomic E-state index is 0.0334. The Morgan fingerprint density at radius 1 is 1.24 bits per heavy atom. The van der Waals surface area contributed by atoms with Crippen molar-refractivity contribution in [1.29, 1.82) is 0 Å². The highest BCUT2D eigenvalue weighted by molar-refractivity contribution is 9.10. The molecule has 3 rings (SSSR count). The molecule has 1 N–H and O–H groups in total. The molecule has 8 nitrogen and oxygen atoms in total. The number of carbonyl (C=O) groups is 1. The number of morpholine rings is 1. The van der Waals surface area contributed by atoms with Crippen LogP contribution in [0.2, 0.25) is 0 Å². The summed E-state index contributed by atoms with van der Waals surface area (Å²) in [6.07, 6.45) is 1.82. The molecule has 1 saturated heterocycles. The zero-order valence-corrected chi connectivity index (χ0v) is 18.8. The predicted molar refractivity (Wildman–Crippen MR) is 113 cm³/mol. The Morgan fingerprint density at radius 2 is 1.97 bits per heavy atom. The van der Waals surface area contributed by atoms with E-state index < -0.39 is 10.0 Å². The predicted octanol–water partition coefficient (Wildman–Crippen LogP) is 2.94. The van der Waals surface area contributed by atoms with Crippen LogP contribution in [0.1, 0.15) is 24.3 Å². The number of carbonyl (C=O) groups excluding carboxylic acids is 1. The quantitative estimate of drug-likeness (QED) is 0.650. The number of nitrogens with zero attached hydrogens (tertiary/aromatic N) is 2. The van der Waals surface area contributed by atoms with Crippen LogP contribution >= 0.6 is 15.9 Å². The minimum Gasteiger partial charge on any atom is -0.492 e. The number of sulfonamides is 1. The van der Waals surface area contributed by atoms with Gasteiger partial charge >= 0.3 is 0 Å². The molecule has 2 heterocycles. The first-order valence-electron chi connectivity index (χ1n) is 9.38. The molecule has 0 atom stereocenters. The summed E-state index contributed by atoms with van der Waals surface area (Å²) in [5.41, 5.74) is 0.858. The summed E-state index contributed by atoms with van der Waals surface area (Å²) in [6, 6.07) is 6.37. The van der Waals surface area contributed by atoms with Crippen LogP contribution in [0.5, 0.6) is 5.75 Å². The molecule has 29 heavy (non-hydrogen) atoms. The number of halogens is 1. The topological polar surface area (TPSA) is 89.9 Å². The average Bonchev–Trinajstić information content (AvgIpc) is 3.11.